The maximum absolute atomic E-state index is 12.0. The molecule has 2 rings (SSSR count). The third-order valence-electron chi connectivity index (χ3n) is 3.34. The molecule has 0 aliphatic carbocycles. The van der Waals surface area contributed by atoms with Gasteiger partial charge in [-0.2, -0.15) is 0 Å². The average Bonchev–Trinajstić information content (AvgIpc) is 2.38. The van der Waals surface area contributed by atoms with Gasteiger partial charge in [-0.1, -0.05) is 0 Å². The number of ether oxygens (including phenoxy) is 1. The summed E-state index contributed by atoms with van der Waals surface area (Å²) in [6.07, 6.45) is 0.171. The van der Waals surface area contributed by atoms with E-state index in [1.54, 1.807) is 39.2 Å². The van der Waals surface area contributed by atoms with E-state index in [9.17, 15) is 9.59 Å². The monoisotopic (exact) mass is 275 g/mol. The highest BCUT2D eigenvalue weighted by Gasteiger charge is 2.28. The number of aromatic nitrogens is 1. The molecule has 0 aliphatic rings. The number of hydrogen-bond acceptors (Lipinski definition) is 3. The zero-order chi connectivity index (χ0) is 14.9. The first kappa shape index (κ1) is 14.1. The Labute approximate surface area is 116 Å². The number of nitrogens with one attached hydrogen (secondary N) is 1. The fourth-order valence-corrected chi connectivity index (χ4v) is 2.04. The van der Waals surface area contributed by atoms with E-state index in [4.69, 9.17) is 9.84 Å². The fourth-order valence-electron chi connectivity index (χ4n) is 2.04. The lowest BCUT2D eigenvalue weighted by atomic mass is 9.86. The predicted octanol–water partition coefficient (Wildman–Crippen LogP) is 2.19. The summed E-state index contributed by atoms with van der Waals surface area (Å²) in [5.74, 6) is -0.240. The van der Waals surface area contributed by atoms with Crippen LogP contribution in [0.5, 0.6) is 5.75 Å². The second-order valence-electron chi connectivity index (χ2n) is 5.44. The van der Waals surface area contributed by atoms with Crippen LogP contribution < -0.4 is 10.3 Å². The maximum atomic E-state index is 12.0. The molecule has 20 heavy (non-hydrogen) atoms. The molecule has 0 fully saturated rings. The summed E-state index contributed by atoms with van der Waals surface area (Å²) in [7, 11) is 1.57. The van der Waals surface area contributed by atoms with Crippen LogP contribution in [0.1, 0.15) is 19.4 Å². The van der Waals surface area contributed by atoms with Crippen LogP contribution in [0, 0.1) is 5.41 Å². The lowest BCUT2D eigenvalue weighted by molar-refractivity contribution is -0.146. The zero-order valence-corrected chi connectivity index (χ0v) is 11.7. The van der Waals surface area contributed by atoms with Crippen molar-refractivity contribution < 1.29 is 14.6 Å². The molecule has 0 atom stereocenters. The van der Waals surface area contributed by atoms with Gasteiger partial charge in [0.25, 0.3) is 5.56 Å². The highest BCUT2D eigenvalue weighted by Crippen LogP contribution is 2.23. The van der Waals surface area contributed by atoms with Gasteiger partial charge in [0.2, 0.25) is 0 Å². The molecule has 0 radical (unpaired) electrons. The smallest absolute Gasteiger partial charge is 0.309 e. The van der Waals surface area contributed by atoms with E-state index >= 15 is 0 Å². The molecule has 2 N–H and O–H groups in total. The second kappa shape index (κ2) is 5.00. The van der Waals surface area contributed by atoms with Gasteiger partial charge in [-0.25, -0.2) is 0 Å². The van der Waals surface area contributed by atoms with Gasteiger partial charge in [0.15, 0.2) is 0 Å². The molecule has 1 aromatic carbocycles. The van der Waals surface area contributed by atoms with Crippen LogP contribution in [0.2, 0.25) is 0 Å². The molecule has 2 aromatic rings. The Bertz CT molecular complexity index is 715. The number of carboxylic acid groups (broad SMARTS) is 1. The summed E-state index contributed by atoms with van der Waals surface area (Å²) < 4.78 is 5.15. The first-order chi connectivity index (χ1) is 9.33. The Morgan fingerprint density at radius 1 is 1.35 bits per heavy atom. The number of aromatic amines is 1. The predicted molar refractivity (Wildman–Crippen MR) is 76.2 cm³/mol. The van der Waals surface area contributed by atoms with Crippen LogP contribution in [0.25, 0.3) is 10.9 Å². The van der Waals surface area contributed by atoms with Crippen LogP contribution in [-0.2, 0) is 11.2 Å². The van der Waals surface area contributed by atoms with Crippen molar-refractivity contribution in [2.45, 2.75) is 20.3 Å². The molecule has 106 valence electrons. The molecule has 0 aliphatic heterocycles. The molecule has 5 heteroatoms. The number of benzene rings is 1. The number of H-pyrrole nitrogens is 1. The quantitative estimate of drug-likeness (QED) is 0.896. The molecular weight excluding hydrogens is 258 g/mol. The maximum Gasteiger partial charge on any atom is 0.309 e. The molecule has 1 aromatic heterocycles. The van der Waals surface area contributed by atoms with E-state index in [0.29, 0.717) is 16.8 Å². The van der Waals surface area contributed by atoms with E-state index in [2.05, 4.69) is 4.98 Å². The Morgan fingerprint density at radius 2 is 2.05 bits per heavy atom. The minimum Gasteiger partial charge on any atom is -0.497 e. The summed E-state index contributed by atoms with van der Waals surface area (Å²) in [5, 5.41) is 9.98. The number of methoxy groups -OCH3 is 1. The molecule has 0 saturated heterocycles. The first-order valence-electron chi connectivity index (χ1n) is 6.27. The minimum atomic E-state index is -0.987. The van der Waals surface area contributed by atoms with Crippen molar-refractivity contribution in [2.24, 2.45) is 5.41 Å². The molecule has 0 saturated carbocycles. The van der Waals surface area contributed by atoms with Crippen molar-refractivity contribution in [3.63, 3.8) is 0 Å². The lowest BCUT2D eigenvalue weighted by Crippen LogP contribution is -2.29. The number of hydrogen-bond donors (Lipinski definition) is 2. The van der Waals surface area contributed by atoms with Crippen molar-refractivity contribution in [1.82, 2.24) is 4.98 Å². The summed E-state index contributed by atoms with van der Waals surface area (Å²) in [4.78, 5) is 25.9. The van der Waals surface area contributed by atoms with E-state index in [1.807, 2.05) is 6.07 Å². The number of carbonyl (C=O) groups is 1. The Balaban J connectivity index is 2.51. The standard InChI is InChI=1S/C15H17NO4/c1-15(2,14(18)19)8-10-6-9-7-11(20-3)4-5-12(9)16-13(10)17/h4-7H,8H2,1-3H3,(H,16,17)(H,18,19). The second-order valence-corrected chi connectivity index (χ2v) is 5.44. The molecule has 5 nitrogen and oxygen atoms in total. The first-order valence-corrected chi connectivity index (χ1v) is 6.27. The highest BCUT2D eigenvalue weighted by atomic mass is 16.5. The molecule has 0 bridgehead atoms. The molecule has 0 unspecified atom stereocenters. The molecule has 0 spiro atoms. The van der Waals surface area contributed by atoms with Gasteiger partial charge in [0.05, 0.1) is 12.5 Å². The third-order valence-corrected chi connectivity index (χ3v) is 3.34. The SMILES string of the molecule is COc1ccc2[nH]c(=O)c(CC(C)(C)C(=O)O)cc2c1. The van der Waals surface area contributed by atoms with Crippen molar-refractivity contribution in [3.05, 3.63) is 40.2 Å². The number of carboxylic acids is 1. The topological polar surface area (TPSA) is 79.4 Å². The number of fused-ring (bicyclic) bond motifs is 1. The van der Waals surface area contributed by atoms with Crippen LogP contribution >= 0.6 is 0 Å². The highest BCUT2D eigenvalue weighted by molar-refractivity contribution is 5.81. The van der Waals surface area contributed by atoms with E-state index in [-0.39, 0.29) is 12.0 Å². The molecule has 1 heterocycles. The molecular formula is C15H17NO4. The molecule has 0 amide bonds. The van der Waals surface area contributed by atoms with Gasteiger partial charge < -0.3 is 14.8 Å². The van der Waals surface area contributed by atoms with Crippen molar-refractivity contribution in [3.8, 4) is 5.75 Å². The Morgan fingerprint density at radius 3 is 2.65 bits per heavy atom. The Kier molecular flexibility index (Phi) is 3.53. The minimum absolute atomic E-state index is 0.171. The van der Waals surface area contributed by atoms with Gasteiger partial charge in [0.1, 0.15) is 5.75 Å². The van der Waals surface area contributed by atoms with Crippen molar-refractivity contribution in [2.75, 3.05) is 7.11 Å². The van der Waals surface area contributed by atoms with E-state index in [0.717, 1.165) is 5.39 Å². The summed E-state index contributed by atoms with van der Waals surface area (Å²) in [6.45, 7) is 3.20. The van der Waals surface area contributed by atoms with Crippen LogP contribution in [-0.4, -0.2) is 23.2 Å². The Hall–Kier alpha value is -2.30. The zero-order valence-electron chi connectivity index (χ0n) is 11.7. The fraction of sp³-hybridized carbons (Fsp3) is 0.333. The third kappa shape index (κ3) is 2.66. The van der Waals surface area contributed by atoms with Crippen molar-refractivity contribution in [1.29, 1.82) is 0 Å². The summed E-state index contributed by atoms with van der Waals surface area (Å²) in [6, 6.07) is 7.06. The number of pyridine rings is 1. The van der Waals surface area contributed by atoms with Gasteiger partial charge in [-0.3, -0.25) is 9.59 Å². The average molecular weight is 275 g/mol. The van der Waals surface area contributed by atoms with E-state index < -0.39 is 11.4 Å². The van der Waals surface area contributed by atoms with Gasteiger partial charge in [-0.05, 0) is 44.5 Å². The van der Waals surface area contributed by atoms with E-state index in [1.165, 1.54) is 0 Å². The van der Waals surface area contributed by atoms with Gasteiger partial charge in [-0.15, -0.1) is 0 Å². The van der Waals surface area contributed by atoms with Crippen molar-refractivity contribution >= 4 is 16.9 Å². The number of rotatable bonds is 4. The summed E-state index contributed by atoms with van der Waals surface area (Å²) >= 11 is 0. The largest absolute Gasteiger partial charge is 0.497 e. The van der Waals surface area contributed by atoms with Gasteiger partial charge >= 0.3 is 5.97 Å². The number of aliphatic carboxylic acids is 1. The lowest BCUT2D eigenvalue weighted by Gasteiger charge is -2.18. The van der Waals surface area contributed by atoms with Crippen LogP contribution in [0.15, 0.2) is 29.1 Å². The normalized spacial score (nSPS) is 11.6. The van der Waals surface area contributed by atoms with Crippen LogP contribution in [0.3, 0.4) is 0 Å². The van der Waals surface area contributed by atoms with Gasteiger partial charge in [0, 0.05) is 16.5 Å². The summed E-state index contributed by atoms with van der Waals surface area (Å²) in [5.41, 5.74) is -0.0812. The van der Waals surface area contributed by atoms with Crippen LogP contribution in [0.4, 0.5) is 0 Å².